The quantitative estimate of drug-likeness (QED) is 0.307. The highest BCUT2D eigenvalue weighted by Crippen LogP contribution is 2.39. The summed E-state index contributed by atoms with van der Waals surface area (Å²) in [6.07, 6.45) is 11.4. The molecule has 2 fully saturated rings. The zero-order valence-corrected chi connectivity index (χ0v) is 23.6. The summed E-state index contributed by atoms with van der Waals surface area (Å²) >= 11 is 0. The standard InChI is InChI=1S/C34H42N2O3/c1-34(2,3)26-14-17-27(18-15-26)39-28-16-13-25-20-31(33(38)36-32(22-37)24-11-5-4-6-12-24)35-30(29(25)21-28)19-23-9-7-8-10-23/h4-6,11-13,16,20-23,26-27,32H,7-10,14-15,17-19H2,1-3H3,(H,36,38)/t26?,27?,32-/m0/s1. The molecule has 2 aromatic carbocycles. The fourth-order valence-corrected chi connectivity index (χ4v) is 6.44. The Balaban J connectivity index is 1.38. The number of benzene rings is 2. The van der Waals surface area contributed by atoms with Crippen molar-refractivity contribution >= 4 is 23.0 Å². The summed E-state index contributed by atoms with van der Waals surface area (Å²) in [7, 11) is 0. The monoisotopic (exact) mass is 526 g/mol. The Morgan fingerprint density at radius 2 is 1.72 bits per heavy atom. The van der Waals surface area contributed by atoms with E-state index in [9.17, 15) is 9.59 Å². The van der Waals surface area contributed by atoms with Crippen LogP contribution < -0.4 is 10.1 Å². The largest absolute Gasteiger partial charge is 0.490 e. The number of carbonyl (C=O) groups is 2. The number of amides is 1. The van der Waals surface area contributed by atoms with Crippen LogP contribution in [0.5, 0.6) is 5.75 Å². The fourth-order valence-electron chi connectivity index (χ4n) is 6.44. The van der Waals surface area contributed by atoms with Crippen LogP contribution in [0.3, 0.4) is 0 Å². The lowest BCUT2D eigenvalue weighted by molar-refractivity contribution is -0.109. The molecule has 0 radical (unpaired) electrons. The van der Waals surface area contributed by atoms with E-state index in [-0.39, 0.29) is 12.0 Å². The van der Waals surface area contributed by atoms with Crippen LogP contribution in [0.15, 0.2) is 54.6 Å². The average Bonchev–Trinajstić information content (AvgIpc) is 3.45. The number of aldehydes is 1. The van der Waals surface area contributed by atoms with Gasteiger partial charge in [-0.05, 0) is 78.5 Å². The number of hydrogen-bond acceptors (Lipinski definition) is 4. The molecule has 0 bridgehead atoms. The Kier molecular flexibility index (Phi) is 8.34. The minimum absolute atomic E-state index is 0.246. The Morgan fingerprint density at radius 1 is 1.00 bits per heavy atom. The average molecular weight is 527 g/mol. The molecule has 0 saturated heterocycles. The van der Waals surface area contributed by atoms with E-state index in [0.29, 0.717) is 17.0 Å². The maximum absolute atomic E-state index is 13.3. The molecular formula is C34H42N2O3. The first-order valence-corrected chi connectivity index (χ1v) is 14.7. The molecule has 206 valence electrons. The van der Waals surface area contributed by atoms with Crippen LogP contribution in [0.25, 0.3) is 10.8 Å². The minimum Gasteiger partial charge on any atom is -0.490 e. The van der Waals surface area contributed by atoms with Crippen LogP contribution in [0, 0.1) is 17.3 Å². The summed E-state index contributed by atoms with van der Waals surface area (Å²) in [6.45, 7) is 7.03. The van der Waals surface area contributed by atoms with Gasteiger partial charge in [-0.3, -0.25) is 4.79 Å². The van der Waals surface area contributed by atoms with Crippen LogP contribution in [0.4, 0.5) is 0 Å². The smallest absolute Gasteiger partial charge is 0.270 e. The van der Waals surface area contributed by atoms with Gasteiger partial charge in [0.05, 0.1) is 6.10 Å². The van der Waals surface area contributed by atoms with E-state index in [1.54, 1.807) is 0 Å². The third-order valence-electron chi connectivity index (χ3n) is 8.86. The van der Waals surface area contributed by atoms with Gasteiger partial charge in [-0.15, -0.1) is 0 Å². The zero-order chi connectivity index (χ0) is 27.4. The van der Waals surface area contributed by atoms with Crippen LogP contribution in [-0.2, 0) is 11.2 Å². The molecule has 5 heteroatoms. The lowest BCUT2D eigenvalue weighted by Crippen LogP contribution is -2.30. The number of ether oxygens (including phenoxy) is 1. The van der Waals surface area contributed by atoms with E-state index >= 15 is 0 Å². The molecule has 1 atom stereocenters. The highest BCUT2D eigenvalue weighted by molar-refractivity contribution is 5.98. The van der Waals surface area contributed by atoms with Crippen molar-refractivity contribution < 1.29 is 14.3 Å². The van der Waals surface area contributed by atoms with E-state index < -0.39 is 6.04 Å². The summed E-state index contributed by atoms with van der Waals surface area (Å²) in [4.78, 5) is 30.0. The fraction of sp³-hybridized carbons (Fsp3) is 0.500. The van der Waals surface area contributed by atoms with Crippen molar-refractivity contribution in [2.75, 3.05) is 0 Å². The molecule has 5 rings (SSSR count). The van der Waals surface area contributed by atoms with Crippen LogP contribution >= 0.6 is 0 Å². The summed E-state index contributed by atoms with van der Waals surface area (Å²) in [5.41, 5.74) is 2.42. The Bertz CT molecular complexity index is 1280. The Labute approximate surface area is 232 Å². The molecule has 5 nitrogen and oxygen atoms in total. The zero-order valence-electron chi connectivity index (χ0n) is 23.6. The number of carbonyl (C=O) groups excluding carboxylic acids is 2. The number of pyridine rings is 1. The van der Waals surface area contributed by atoms with E-state index in [2.05, 4.69) is 38.2 Å². The predicted molar refractivity (Wildman–Crippen MR) is 156 cm³/mol. The van der Waals surface area contributed by atoms with E-state index in [4.69, 9.17) is 9.72 Å². The lowest BCUT2D eigenvalue weighted by Gasteiger charge is -2.37. The van der Waals surface area contributed by atoms with E-state index in [1.807, 2.05) is 42.5 Å². The molecule has 1 amide bonds. The van der Waals surface area contributed by atoms with Gasteiger partial charge in [-0.2, -0.15) is 0 Å². The van der Waals surface area contributed by atoms with Crippen molar-refractivity contribution in [3.63, 3.8) is 0 Å². The molecule has 0 unspecified atom stereocenters. The second kappa shape index (κ2) is 11.9. The van der Waals surface area contributed by atoms with Crippen LogP contribution in [-0.4, -0.2) is 23.3 Å². The van der Waals surface area contributed by atoms with Gasteiger partial charge >= 0.3 is 0 Å². The lowest BCUT2D eigenvalue weighted by atomic mass is 9.72. The normalized spacial score (nSPS) is 21.0. The molecule has 2 saturated carbocycles. The molecule has 1 N–H and O–H groups in total. The molecule has 1 heterocycles. The molecule has 39 heavy (non-hydrogen) atoms. The van der Waals surface area contributed by atoms with Gasteiger partial charge in [0.25, 0.3) is 5.91 Å². The number of fused-ring (bicyclic) bond motifs is 1. The second-order valence-electron chi connectivity index (χ2n) is 12.6. The molecule has 0 spiro atoms. The number of nitrogens with one attached hydrogen (secondary N) is 1. The Morgan fingerprint density at radius 3 is 2.38 bits per heavy atom. The van der Waals surface area contributed by atoms with Gasteiger partial charge in [0, 0.05) is 11.1 Å². The highest BCUT2D eigenvalue weighted by Gasteiger charge is 2.30. The summed E-state index contributed by atoms with van der Waals surface area (Å²) in [5.74, 6) is 1.89. The SMILES string of the molecule is CC(C)(C)C1CCC(Oc2ccc3cc(C(=O)N[C@@H](C=O)c4ccccc4)nc(CC4CCCC4)c3c2)CC1. The number of nitrogens with zero attached hydrogens (tertiary/aromatic N) is 1. The third kappa shape index (κ3) is 6.69. The summed E-state index contributed by atoms with van der Waals surface area (Å²) in [5, 5.41) is 4.92. The Hall–Kier alpha value is -3.21. The first kappa shape index (κ1) is 27.4. The predicted octanol–water partition coefficient (Wildman–Crippen LogP) is 7.62. The molecule has 2 aliphatic carbocycles. The maximum atomic E-state index is 13.3. The minimum atomic E-state index is -0.710. The van der Waals surface area contributed by atoms with Crippen molar-refractivity contribution in [1.82, 2.24) is 10.3 Å². The topological polar surface area (TPSA) is 68.3 Å². The van der Waals surface area contributed by atoms with Crippen LogP contribution in [0.2, 0.25) is 0 Å². The first-order chi connectivity index (χ1) is 18.8. The van der Waals surface area contributed by atoms with Crippen molar-refractivity contribution in [3.05, 3.63) is 71.5 Å². The van der Waals surface area contributed by atoms with Crippen molar-refractivity contribution in [2.45, 2.75) is 90.7 Å². The van der Waals surface area contributed by atoms with Gasteiger partial charge in [-0.25, -0.2) is 4.98 Å². The molecule has 1 aromatic heterocycles. The number of hydrogen-bond donors (Lipinski definition) is 1. The van der Waals surface area contributed by atoms with Crippen LogP contribution in [0.1, 0.15) is 99.9 Å². The molecular weight excluding hydrogens is 484 g/mol. The maximum Gasteiger partial charge on any atom is 0.270 e. The van der Waals surface area contributed by atoms with Crippen molar-refractivity contribution in [1.29, 1.82) is 0 Å². The molecule has 3 aromatic rings. The third-order valence-corrected chi connectivity index (χ3v) is 8.86. The second-order valence-corrected chi connectivity index (χ2v) is 12.6. The van der Waals surface area contributed by atoms with Crippen molar-refractivity contribution in [3.8, 4) is 5.75 Å². The van der Waals surface area contributed by atoms with Gasteiger partial charge in [0.2, 0.25) is 0 Å². The highest BCUT2D eigenvalue weighted by atomic mass is 16.5. The van der Waals surface area contributed by atoms with Crippen molar-refractivity contribution in [2.24, 2.45) is 17.3 Å². The summed E-state index contributed by atoms with van der Waals surface area (Å²) < 4.78 is 6.50. The first-order valence-electron chi connectivity index (χ1n) is 14.7. The van der Waals surface area contributed by atoms with Gasteiger partial charge in [0.15, 0.2) is 0 Å². The van der Waals surface area contributed by atoms with Gasteiger partial charge in [-0.1, -0.05) is 82.9 Å². The molecule has 2 aliphatic rings. The summed E-state index contributed by atoms with van der Waals surface area (Å²) in [6, 6.07) is 16.6. The van der Waals surface area contributed by atoms with Gasteiger partial charge < -0.3 is 14.8 Å². The van der Waals surface area contributed by atoms with Gasteiger partial charge in [0.1, 0.15) is 23.8 Å². The molecule has 0 aliphatic heterocycles. The van der Waals surface area contributed by atoms with E-state index in [1.165, 1.54) is 38.5 Å². The number of aromatic nitrogens is 1. The van der Waals surface area contributed by atoms with E-state index in [0.717, 1.165) is 59.2 Å². The number of rotatable bonds is 8.